The minimum Gasteiger partial charge on any atom is -0.508 e. The number of halogens is 1. The van der Waals surface area contributed by atoms with Gasteiger partial charge in [-0.2, -0.15) is 0 Å². The maximum Gasteiger partial charge on any atom is 0.262 e. The summed E-state index contributed by atoms with van der Waals surface area (Å²) in [5.41, 5.74) is 6.82. The van der Waals surface area contributed by atoms with Gasteiger partial charge in [-0.3, -0.25) is 34.3 Å². The Kier molecular flexibility index (Phi) is 11.0. The fourth-order valence-electron chi connectivity index (χ4n) is 9.64. The number of amides is 4. The highest BCUT2D eigenvalue weighted by atomic mass is 19.1. The molecule has 11 nitrogen and oxygen atoms in total. The Morgan fingerprint density at radius 1 is 0.746 bits per heavy atom. The van der Waals surface area contributed by atoms with Gasteiger partial charge in [0.25, 0.3) is 11.8 Å². The zero-order valence-electron chi connectivity index (χ0n) is 33.7. The number of imide groups is 2. The number of phenolic OH excluding ortho intramolecular Hbond substituents is 2. The van der Waals surface area contributed by atoms with Gasteiger partial charge in [-0.15, -0.1) is 0 Å². The largest absolute Gasteiger partial charge is 0.508 e. The number of phenols is 2. The van der Waals surface area contributed by atoms with E-state index in [2.05, 4.69) is 60.2 Å². The molecule has 59 heavy (non-hydrogen) atoms. The summed E-state index contributed by atoms with van der Waals surface area (Å²) in [5.74, 6) is -2.14. The highest BCUT2D eigenvalue weighted by molar-refractivity contribution is 6.23. The van der Waals surface area contributed by atoms with E-state index >= 15 is 4.39 Å². The highest BCUT2D eigenvalue weighted by Gasteiger charge is 2.46. The van der Waals surface area contributed by atoms with E-state index in [9.17, 15) is 29.4 Å². The highest BCUT2D eigenvalue weighted by Crippen LogP contribution is 2.38. The summed E-state index contributed by atoms with van der Waals surface area (Å²) in [7, 11) is 0. The molecule has 4 aromatic carbocycles. The van der Waals surface area contributed by atoms with E-state index in [1.165, 1.54) is 11.8 Å². The molecule has 3 unspecified atom stereocenters. The first kappa shape index (κ1) is 39.8. The van der Waals surface area contributed by atoms with Gasteiger partial charge in [0.05, 0.1) is 16.8 Å². The Morgan fingerprint density at radius 2 is 1.29 bits per heavy atom. The van der Waals surface area contributed by atoms with Gasteiger partial charge in [0.1, 0.15) is 23.4 Å². The lowest BCUT2D eigenvalue weighted by atomic mass is 9.88. The number of hydrogen-bond acceptors (Lipinski definition) is 9. The number of carbonyl (C=O) groups is 4. The van der Waals surface area contributed by atoms with Crippen molar-refractivity contribution in [3.63, 3.8) is 0 Å². The monoisotopic (exact) mass is 799 g/mol. The molecule has 0 saturated carbocycles. The van der Waals surface area contributed by atoms with Crippen LogP contribution in [0.25, 0.3) is 11.1 Å². The summed E-state index contributed by atoms with van der Waals surface area (Å²) < 4.78 is 15.8. The van der Waals surface area contributed by atoms with Crippen molar-refractivity contribution in [1.29, 1.82) is 0 Å². The molecule has 3 atom stereocenters. The van der Waals surface area contributed by atoms with Crippen molar-refractivity contribution in [2.24, 2.45) is 5.92 Å². The average molecular weight is 800 g/mol. The second-order valence-electron chi connectivity index (χ2n) is 16.4. The zero-order valence-corrected chi connectivity index (χ0v) is 33.7. The second kappa shape index (κ2) is 16.3. The third-order valence-electron chi connectivity index (χ3n) is 12.5. The number of piperidine rings is 2. The molecule has 4 heterocycles. The molecule has 306 valence electrons. The van der Waals surface area contributed by atoms with Gasteiger partial charge in [0.15, 0.2) is 0 Å². The maximum atomic E-state index is 15.8. The molecule has 4 aliphatic rings. The fraction of sp³-hybridized carbons (Fsp3) is 0.362. The number of piperazine rings is 1. The molecule has 0 radical (unpaired) electrons. The van der Waals surface area contributed by atoms with Crippen LogP contribution in [0.2, 0.25) is 0 Å². The molecular formula is C47H50FN5O6. The topological polar surface area (TPSA) is 134 Å². The smallest absolute Gasteiger partial charge is 0.262 e. The Balaban J connectivity index is 0.905. The summed E-state index contributed by atoms with van der Waals surface area (Å²) in [4.78, 5) is 58.7. The number of carbonyl (C=O) groups excluding carboxylic acids is 4. The van der Waals surface area contributed by atoms with Crippen molar-refractivity contribution in [2.75, 3.05) is 42.5 Å². The molecule has 12 heteroatoms. The summed E-state index contributed by atoms with van der Waals surface area (Å²) in [6, 6.07) is 24.7. The van der Waals surface area contributed by atoms with Gasteiger partial charge in [0.2, 0.25) is 11.8 Å². The van der Waals surface area contributed by atoms with Crippen molar-refractivity contribution in [3.05, 3.63) is 119 Å². The molecule has 0 bridgehead atoms. The number of allylic oxidation sites excluding steroid dienone is 1. The van der Waals surface area contributed by atoms with Gasteiger partial charge in [-0.1, -0.05) is 43.3 Å². The number of benzene rings is 4. The quantitative estimate of drug-likeness (QED) is 0.123. The summed E-state index contributed by atoms with van der Waals surface area (Å²) in [6.45, 7) is 10.5. The zero-order chi connectivity index (χ0) is 41.5. The Morgan fingerprint density at radius 3 is 1.85 bits per heavy atom. The van der Waals surface area contributed by atoms with Crippen molar-refractivity contribution in [2.45, 2.75) is 71.0 Å². The summed E-state index contributed by atoms with van der Waals surface area (Å²) in [5, 5.41) is 22.1. The number of nitrogens with one attached hydrogen (secondary N) is 1. The van der Waals surface area contributed by atoms with Crippen LogP contribution >= 0.6 is 0 Å². The number of nitrogens with zero attached hydrogens (tertiary/aromatic N) is 4. The Labute approximate surface area is 343 Å². The average Bonchev–Trinajstić information content (AvgIpc) is 3.45. The number of aromatic hydroxyl groups is 2. The van der Waals surface area contributed by atoms with E-state index in [1.54, 1.807) is 24.3 Å². The molecule has 4 aliphatic heterocycles. The van der Waals surface area contributed by atoms with E-state index in [0.717, 1.165) is 90.8 Å². The van der Waals surface area contributed by atoms with Gasteiger partial charge in [-0.05, 0) is 122 Å². The molecule has 8 rings (SSSR count). The van der Waals surface area contributed by atoms with E-state index in [1.807, 2.05) is 29.2 Å². The second-order valence-corrected chi connectivity index (χ2v) is 16.4. The van der Waals surface area contributed by atoms with E-state index in [-0.39, 0.29) is 53.2 Å². The van der Waals surface area contributed by atoms with Gasteiger partial charge >= 0.3 is 0 Å². The molecule has 4 amide bonds. The minimum absolute atomic E-state index is 0.0165. The molecule has 3 N–H and O–H groups in total. The van der Waals surface area contributed by atoms with Crippen LogP contribution in [-0.4, -0.2) is 94.5 Å². The minimum atomic E-state index is -1.11. The molecule has 0 aromatic heterocycles. The number of rotatable bonds is 9. The van der Waals surface area contributed by atoms with E-state index < -0.39 is 35.5 Å². The first-order chi connectivity index (χ1) is 28.4. The molecule has 3 fully saturated rings. The number of hydrogen-bond donors (Lipinski definition) is 3. The maximum absolute atomic E-state index is 15.8. The molecule has 0 aliphatic carbocycles. The first-order valence-electron chi connectivity index (χ1n) is 20.6. The normalized spacial score (nSPS) is 22.1. The third-order valence-corrected chi connectivity index (χ3v) is 12.5. The van der Waals surface area contributed by atoms with Crippen LogP contribution < -0.4 is 15.1 Å². The Bertz CT molecular complexity index is 2290. The predicted molar refractivity (Wildman–Crippen MR) is 225 cm³/mol. The van der Waals surface area contributed by atoms with Crippen LogP contribution in [0.5, 0.6) is 11.5 Å². The van der Waals surface area contributed by atoms with Crippen molar-refractivity contribution < 1.29 is 33.8 Å². The van der Waals surface area contributed by atoms with E-state index in [4.69, 9.17) is 0 Å². The van der Waals surface area contributed by atoms with Crippen molar-refractivity contribution in [3.8, 4) is 11.5 Å². The lowest BCUT2D eigenvalue weighted by molar-refractivity contribution is -0.136. The molecule has 4 aromatic rings. The van der Waals surface area contributed by atoms with Crippen LogP contribution in [0.1, 0.15) is 90.3 Å². The van der Waals surface area contributed by atoms with Gasteiger partial charge in [0, 0.05) is 56.9 Å². The van der Waals surface area contributed by atoms with Gasteiger partial charge < -0.3 is 20.0 Å². The third kappa shape index (κ3) is 7.81. The van der Waals surface area contributed by atoms with Crippen LogP contribution in [0.3, 0.4) is 0 Å². The number of fused-ring (bicyclic) bond motifs is 1. The molecule has 3 saturated heterocycles. The van der Waals surface area contributed by atoms with Crippen LogP contribution in [0.15, 0.2) is 84.9 Å². The lowest BCUT2D eigenvalue weighted by Crippen LogP contribution is -2.58. The van der Waals surface area contributed by atoms with Gasteiger partial charge in [-0.25, -0.2) is 4.39 Å². The fourth-order valence-corrected chi connectivity index (χ4v) is 9.64. The Hall–Kier alpha value is -6.01. The molecular weight excluding hydrogens is 750 g/mol. The molecule has 0 spiro atoms. The predicted octanol–water partition coefficient (Wildman–Crippen LogP) is 6.82. The lowest BCUT2D eigenvalue weighted by Gasteiger charge is -2.47. The van der Waals surface area contributed by atoms with E-state index in [0.29, 0.717) is 5.92 Å². The van der Waals surface area contributed by atoms with Crippen molar-refractivity contribution >= 4 is 46.1 Å². The van der Waals surface area contributed by atoms with Crippen LogP contribution in [0, 0.1) is 11.7 Å². The van der Waals surface area contributed by atoms with Crippen LogP contribution in [-0.2, 0) is 9.59 Å². The number of anilines is 2. The standard InChI is InChI=1S/C47H50FN5O6/c1-4-37(31-7-13-35(54)14-8-31)44(33-9-15-36(55)16-10-33)32-5-11-34(12-6-32)51-21-19-30(20-22-51)27-50-25-28(2)52(29(3)26-50)42-24-39-38(23-40(42)48)46(58)53(47(39)59)41-17-18-43(56)49-45(41)57/h5-16,23-24,28-30,41,54-55H,4,17-22,25-27H2,1-3H3,(H,49,56,57). The summed E-state index contributed by atoms with van der Waals surface area (Å²) >= 11 is 0. The SMILES string of the molecule is CCC(=C(c1ccc(O)cc1)c1ccc(N2CCC(CN3CC(C)N(c4cc5c(cc4F)C(=O)N(C4CCC(=O)NC4=O)C5=O)C(C)C3)CC2)cc1)c1ccc(O)cc1. The summed E-state index contributed by atoms with van der Waals surface area (Å²) in [6.07, 6.45) is 2.93. The first-order valence-corrected chi connectivity index (χ1v) is 20.6. The van der Waals surface area contributed by atoms with Crippen molar-refractivity contribution in [1.82, 2.24) is 15.1 Å². The van der Waals surface area contributed by atoms with Crippen LogP contribution in [0.4, 0.5) is 15.8 Å².